The quantitative estimate of drug-likeness (QED) is 0.611. The van der Waals surface area contributed by atoms with Crippen LogP contribution in [0.15, 0.2) is 28.2 Å². The van der Waals surface area contributed by atoms with E-state index in [2.05, 4.69) is 35.5 Å². The first kappa shape index (κ1) is 15.5. The van der Waals surface area contributed by atoms with Crippen LogP contribution in [0.2, 0.25) is 0 Å². The normalized spacial score (nSPS) is 16.8. The van der Waals surface area contributed by atoms with Crippen LogP contribution < -0.4 is 5.32 Å². The minimum atomic E-state index is 0.613. The third-order valence-electron chi connectivity index (χ3n) is 3.97. The third kappa shape index (κ3) is 3.86. The number of aryl methyl sites for hydroxylation is 1. The number of piperazine rings is 1. The van der Waals surface area contributed by atoms with Crippen LogP contribution in [-0.2, 0) is 20.1 Å². The van der Waals surface area contributed by atoms with Gasteiger partial charge in [0, 0.05) is 52.9 Å². The molecule has 0 unspecified atom stereocenters. The Morgan fingerprint density at radius 1 is 1.35 bits per heavy atom. The second kappa shape index (κ2) is 7.23. The monoisotopic (exact) mass is 318 g/mol. The van der Waals surface area contributed by atoms with Crippen molar-refractivity contribution in [2.24, 2.45) is 12.0 Å². The van der Waals surface area contributed by atoms with Gasteiger partial charge in [0.1, 0.15) is 12.6 Å². The highest BCUT2D eigenvalue weighted by Crippen LogP contribution is 2.07. The first-order valence-corrected chi connectivity index (χ1v) is 7.66. The predicted molar refractivity (Wildman–Crippen MR) is 84.6 cm³/mol. The maximum Gasteiger partial charge on any atom is 0.194 e. The summed E-state index contributed by atoms with van der Waals surface area (Å²) in [6.45, 7) is 5.24. The van der Waals surface area contributed by atoms with E-state index in [1.165, 1.54) is 0 Å². The molecule has 1 aliphatic rings. The third-order valence-corrected chi connectivity index (χ3v) is 3.97. The molecule has 0 aliphatic carbocycles. The van der Waals surface area contributed by atoms with Crippen LogP contribution >= 0.6 is 0 Å². The number of nitrogens with zero attached hydrogens (tertiary/aromatic N) is 7. The zero-order chi connectivity index (χ0) is 16.1. The molecule has 3 heterocycles. The van der Waals surface area contributed by atoms with Crippen molar-refractivity contribution in [2.75, 3.05) is 33.2 Å². The van der Waals surface area contributed by atoms with Crippen molar-refractivity contribution < 1.29 is 4.52 Å². The number of aromatic nitrogens is 4. The van der Waals surface area contributed by atoms with E-state index >= 15 is 0 Å². The zero-order valence-corrected chi connectivity index (χ0v) is 13.5. The fraction of sp³-hybridized carbons (Fsp3) is 0.571. The highest BCUT2D eigenvalue weighted by Gasteiger charge is 2.20. The maximum atomic E-state index is 4.88. The van der Waals surface area contributed by atoms with Crippen molar-refractivity contribution >= 4 is 5.96 Å². The summed E-state index contributed by atoms with van der Waals surface area (Å²) >= 11 is 0. The Kier molecular flexibility index (Phi) is 4.86. The van der Waals surface area contributed by atoms with Gasteiger partial charge in [0.25, 0.3) is 0 Å². The van der Waals surface area contributed by atoms with E-state index in [0.29, 0.717) is 6.54 Å². The van der Waals surface area contributed by atoms with Crippen LogP contribution in [0.5, 0.6) is 0 Å². The molecule has 9 nitrogen and oxygen atoms in total. The molecule has 2 aromatic rings. The average Bonchev–Trinajstić information content (AvgIpc) is 3.21. The molecule has 1 aliphatic heterocycles. The second-order valence-electron chi connectivity index (χ2n) is 5.51. The van der Waals surface area contributed by atoms with Gasteiger partial charge >= 0.3 is 0 Å². The van der Waals surface area contributed by atoms with Gasteiger partial charge in [-0.05, 0) is 0 Å². The Bertz CT molecular complexity index is 627. The second-order valence-corrected chi connectivity index (χ2v) is 5.51. The summed E-state index contributed by atoms with van der Waals surface area (Å²) in [5.41, 5.74) is 0.975. The van der Waals surface area contributed by atoms with Gasteiger partial charge in [-0.3, -0.25) is 9.89 Å². The van der Waals surface area contributed by atoms with Gasteiger partial charge in [-0.2, -0.15) is 0 Å². The number of aliphatic imine (C=N–C) groups is 1. The molecule has 1 fully saturated rings. The van der Waals surface area contributed by atoms with Crippen molar-refractivity contribution in [3.8, 4) is 0 Å². The summed E-state index contributed by atoms with van der Waals surface area (Å²) < 4.78 is 6.78. The highest BCUT2D eigenvalue weighted by molar-refractivity contribution is 5.79. The fourth-order valence-corrected chi connectivity index (χ4v) is 2.62. The van der Waals surface area contributed by atoms with Crippen LogP contribution in [0, 0.1) is 0 Å². The molecule has 0 amide bonds. The lowest BCUT2D eigenvalue weighted by Gasteiger charge is -2.36. The summed E-state index contributed by atoms with van der Waals surface area (Å²) in [6.07, 6.45) is 3.31. The van der Waals surface area contributed by atoms with Gasteiger partial charge in [-0.15, -0.1) is 10.2 Å². The Labute approximate surface area is 135 Å². The maximum absolute atomic E-state index is 4.88. The lowest BCUT2D eigenvalue weighted by Crippen LogP contribution is -2.52. The molecule has 9 heteroatoms. The lowest BCUT2D eigenvalue weighted by molar-refractivity contribution is 0.169. The molecule has 0 saturated carbocycles. The summed E-state index contributed by atoms with van der Waals surface area (Å²) in [4.78, 5) is 8.99. The molecular weight excluding hydrogens is 296 g/mol. The number of guanidine groups is 1. The molecule has 3 rings (SSSR count). The van der Waals surface area contributed by atoms with E-state index < -0.39 is 0 Å². The van der Waals surface area contributed by atoms with Crippen molar-refractivity contribution in [1.29, 1.82) is 0 Å². The van der Waals surface area contributed by atoms with Crippen molar-refractivity contribution in [3.63, 3.8) is 0 Å². The van der Waals surface area contributed by atoms with Crippen LogP contribution in [-0.4, -0.2) is 68.9 Å². The molecular formula is C14H22N8O. The molecule has 23 heavy (non-hydrogen) atoms. The Hall–Kier alpha value is -2.42. The topological polar surface area (TPSA) is 87.6 Å². The Morgan fingerprint density at radius 2 is 2.17 bits per heavy atom. The Balaban J connectivity index is 1.48. The summed E-state index contributed by atoms with van der Waals surface area (Å²) in [5, 5.41) is 15.3. The number of rotatable bonds is 4. The van der Waals surface area contributed by atoms with Gasteiger partial charge in [0.2, 0.25) is 0 Å². The van der Waals surface area contributed by atoms with Crippen molar-refractivity contribution in [3.05, 3.63) is 30.2 Å². The molecule has 2 aromatic heterocycles. The summed E-state index contributed by atoms with van der Waals surface area (Å²) in [5.74, 6) is 1.78. The number of nitrogens with one attached hydrogen (secondary N) is 1. The van der Waals surface area contributed by atoms with Crippen LogP contribution in [0.1, 0.15) is 11.5 Å². The molecule has 124 valence electrons. The van der Waals surface area contributed by atoms with E-state index in [1.807, 2.05) is 17.7 Å². The summed E-state index contributed by atoms with van der Waals surface area (Å²) in [6, 6.07) is 1.91. The van der Waals surface area contributed by atoms with Gasteiger partial charge in [-0.1, -0.05) is 5.16 Å². The molecule has 0 spiro atoms. The highest BCUT2D eigenvalue weighted by atomic mass is 16.5. The van der Waals surface area contributed by atoms with Crippen LogP contribution in [0.4, 0.5) is 0 Å². The van der Waals surface area contributed by atoms with Gasteiger partial charge in [0.15, 0.2) is 11.8 Å². The lowest BCUT2D eigenvalue weighted by atomic mass is 10.3. The fourth-order valence-electron chi connectivity index (χ4n) is 2.62. The van der Waals surface area contributed by atoms with E-state index in [4.69, 9.17) is 4.52 Å². The minimum Gasteiger partial charge on any atom is -0.364 e. The van der Waals surface area contributed by atoms with Crippen LogP contribution in [0.25, 0.3) is 0 Å². The van der Waals surface area contributed by atoms with E-state index in [1.54, 1.807) is 19.6 Å². The number of hydrogen-bond donors (Lipinski definition) is 1. The van der Waals surface area contributed by atoms with E-state index in [-0.39, 0.29) is 0 Å². The van der Waals surface area contributed by atoms with E-state index in [9.17, 15) is 0 Å². The smallest absolute Gasteiger partial charge is 0.194 e. The van der Waals surface area contributed by atoms with Crippen LogP contribution in [0.3, 0.4) is 0 Å². The Morgan fingerprint density at radius 3 is 2.78 bits per heavy atom. The molecule has 1 saturated heterocycles. The predicted octanol–water partition coefficient (Wildman–Crippen LogP) is -0.304. The first-order valence-electron chi connectivity index (χ1n) is 7.66. The molecule has 0 radical (unpaired) electrons. The largest absolute Gasteiger partial charge is 0.364 e. The van der Waals surface area contributed by atoms with Crippen molar-refractivity contribution in [2.45, 2.75) is 13.1 Å². The molecule has 0 bridgehead atoms. The van der Waals surface area contributed by atoms with Gasteiger partial charge in [-0.25, -0.2) is 0 Å². The molecule has 0 aromatic carbocycles. The number of hydrogen-bond acceptors (Lipinski definition) is 6. The van der Waals surface area contributed by atoms with E-state index in [0.717, 1.165) is 50.2 Å². The average molecular weight is 318 g/mol. The zero-order valence-electron chi connectivity index (χ0n) is 13.5. The van der Waals surface area contributed by atoms with Gasteiger partial charge in [0.05, 0.1) is 12.2 Å². The SMILES string of the molecule is CN=C(NCc1nncn1C)N1CCN(Cc2ccon2)CC1. The molecule has 1 N–H and O–H groups in total. The standard InChI is InChI=1S/C14H22N8O/c1-15-14(16-9-13-18-17-11-20(13)2)22-6-4-21(5-7-22)10-12-3-8-23-19-12/h3,8,11H,4-7,9-10H2,1-2H3,(H,15,16). The summed E-state index contributed by atoms with van der Waals surface area (Å²) in [7, 11) is 3.74. The van der Waals surface area contributed by atoms with Crippen molar-refractivity contribution in [1.82, 2.24) is 35.0 Å². The first-order chi connectivity index (χ1) is 11.3. The minimum absolute atomic E-state index is 0.613. The molecule has 0 atom stereocenters. The van der Waals surface area contributed by atoms with Gasteiger partial charge < -0.3 is 19.3 Å².